The van der Waals surface area contributed by atoms with Crippen molar-refractivity contribution in [3.05, 3.63) is 64.9 Å². The molecule has 5 heteroatoms. The van der Waals surface area contributed by atoms with Crippen molar-refractivity contribution in [2.45, 2.75) is 46.7 Å². The van der Waals surface area contributed by atoms with Crippen molar-refractivity contribution < 1.29 is 0 Å². The number of nitrogens with one attached hydrogen (secondary N) is 1. The second-order valence-electron chi connectivity index (χ2n) is 7.66. The maximum atomic E-state index is 4.68. The van der Waals surface area contributed by atoms with Gasteiger partial charge >= 0.3 is 0 Å². The Kier molecular flexibility index (Phi) is 6.69. The van der Waals surface area contributed by atoms with Crippen LogP contribution in [0.1, 0.15) is 50.6 Å². The monoisotopic (exact) mass is 380 g/mol. The summed E-state index contributed by atoms with van der Waals surface area (Å²) in [5.41, 5.74) is 3.77. The van der Waals surface area contributed by atoms with Gasteiger partial charge < -0.3 is 5.32 Å². The van der Waals surface area contributed by atoms with Gasteiger partial charge in [-0.1, -0.05) is 52.0 Å². The summed E-state index contributed by atoms with van der Waals surface area (Å²) in [4.78, 5) is 13.2. The third-order valence-corrected chi connectivity index (χ3v) is 5.35. The van der Waals surface area contributed by atoms with Crippen LogP contribution in [0.4, 0.5) is 0 Å². The fraction of sp³-hybridized carbons (Fsp3) is 0.409. The second-order valence-corrected chi connectivity index (χ2v) is 8.52. The van der Waals surface area contributed by atoms with Gasteiger partial charge in [-0.2, -0.15) is 0 Å². The first-order chi connectivity index (χ1) is 13.0. The maximum absolute atomic E-state index is 4.68. The quantitative estimate of drug-likeness (QED) is 0.577. The lowest BCUT2D eigenvalue weighted by Crippen LogP contribution is -2.25. The van der Waals surface area contributed by atoms with Crippen LogP contribution in [0.5, 0.6) is 0 Å². The third kappa shape index (κ3) is 5.44. The van der Waals surface area contributed by atoms with Crippen molar-refractivity contribution >= 4 is 11.3 Å². The van der Waals surface area contributed by atoms with Crippen molar-refractivity contribution in [3.8, 4) is 10.8 Å². The number of benzene rings is 1. The molecule has 0 aliphatic carbocycles. The Hall–Kier alpha value is -2.11. The zero-order chi connectivity index (χ0) is 19.2. The Morgan fingerprint density at radius 3 is 2.33 bits per heavy atom. The van der Waals surface area contributed by atoms with Gasteiger partial charge in [0.2, 0.25) is 0 Å². The summed E-state index contributed by atoms with van der Waals surface area (Å²) in [5, 5.41) is 6.63. The largest absolute Gasteiger partial charge is 0.304 e. The molecule has 27 heavy (non-hydrogen) atoms. The highest BCUT2D eigenvalue weighted by atomic mass is 32.1. The summed E-state index contributed by atoms with van der Waals surface area (Å²) in [6.07, 6.45) is 4.63. The summed E-state index contributed by atoms with van der Waals surface area (Å²) < 4.78 is 0. The molecule has 0 amide bonds. The van der Waals surface area contributed by atoms with E-state index >= 15 is 0 Å². The van der Waals surface area contributed by atoms with Crippen LogP contribution in [0.2, 0.25) is 0 Å². The summed E-state index contributed by atoms with van der Waals surface area (Å²) in [6.45, 7) is 9.76. The third-order valence-electron chi connectivity index (χ3n) is 4.46. The predicted molar refractivity (Wildman–Crippen MR) is 113 cm³/mol. The predicted octanol–water partition coefficient (Wildman–Crippen LogP) is 5.29. The Bertz CT molecular complexity index is 825. The standard InChI is InChI=1S/C22H28N4S/c1-15(2)12-17-6-8-18(9-7-17)20(16(3)4)25-13-19-14-27-22(26-19)21-23-10-5-11-24-21/h5-11,14-16,20,25H,12-13H2,1-4H3. The molecular weight excluding hydrogens is 352 g/mol. The van der Waals surface area contributed by atoms with Crippen LogP contribution in [0, 0.1) is 11.8 Å². The Morgan fingerprint density at radius 1 is 1.00 bits per heavy atom. The number of hydrogen-bond donors (Lipinski definition) is 1. The van der Waals surface area contributed by atoms with E-state index in [1.54, 1.807) is 23.7 Å². The lowest BCUT2D eigenvalue weighted by Gasteiger charge is -2.23. The average Bonchev–Trinajstić information content (AvgIpc) is 3.12. The SMILES string of the molecule is CC(C)Cc1ccc(C(NCc2csc(-c3ncccn3)n2)C(C)C)cc1. The molecule has 1 atom stereocenters. The van der Waals surface area contributed by atoms with Crippen LogP contribution in [-0.2, 0) is 13.0 Å². The molecule has 0 bridgehead atoms. The summed E-state index contributed by atoms with van der Waals surface area (Å²) in [6, 6.07) is 11.2. The molecule has 1 aromatic carbocycles. The topological polar surface area (TPSA) is 50.7 Å². The molecular formula is C22H28N4S. The van der Waals surface area contributed by atoms with E-state index in [1.807, 2.05) is 6.07 Å². The summed E-state index contributed by atoms with van der Waals surface area (Å²) >= 11 is 1.59. The minimum Gasteiger partial charge on any atom is -0.304 e. The smallest absolute Gasteiger partial charge is 0.188 e. The lowest BCUT2D eigenvalue weighted by molar-refractivity contribution is 0.409. The number of nitrogens with zero attached hydrogens (tertiary/aromatic N) is 3. The van der Waals surface area contributed by atoms with Crippen molar-refractivity contribution in [2.75, 3.05) is 0 Å². The van der Waals surface area contributed by atoms with Crippen LogP contribution < -0.4 is 5.32 Å². The van der Waals surface area contributed by atoms with Gasteiger partial charge in [-0.3, -0.25) is 0 Å². The van der Waals surface area contributed by atoms with E-state index in [0.717, 1.165) is 23.7 Å². The fourth-order valence-electron chi connectivity index (χ4n) is 3.19. The first kappa shape index (κ1) is 19.6. The van der Waals surface area contributed by atoms with Crippen LogP contribution in [-0.4, -0.2) is 15.0 Å². The van der Waals surface area contributed by atoms with E-state index in [4.69, 9.17) is 0 Å². The molecule has 0 spiro atoms. The van der Waals surface area contributed by atoms with Crippen molar-refractivity contribution in [1.82, 2.24) is 20.3 Å². The zero-order valence-electron chi connectivity index (χ0n) is 16.5. The van der Waals surface area contributed by atoms with E-state index in [1.165, 1.54) is 11.1 Å². The first-order valence-electron chi connectivity index (χ1n) is 9.57. The molecule has 3 rings (SSSR count). The molecule has 1 N–H and O–H groups in total. The van der Waals surface area contributed by atoms with Gasteiger partial charge in [0, 0.05) is 30.4 Å². The van der Waals surface area contributed by atoms with E-state index in [2.05, 4.69) is 77.6 Å². The highest BCUT2D eigenvalue weighted by Crippen LogP contribution is 2.24. The van der Waals surface area contributed by atoms with Crippen LogP contribution in [0.15, 0.2) is 48.1 Å². The van der Waals surface area contributed by atoms with Gasteiger partial charge in [-0.15, -0.1) is 11.3 Å². The lowest BCUT2D eigenvalue weighted by atomic mass is 9.93. The maximum Gasteiger partial charge on any atom is 0.188 e. The molecule has 3 aromatic rings. The van der Waals surface area contributed by atoms with Gasteiger partial charge in [-0.05, 0) is 35.4 Å². The van der Waals surface area contributed by atoms with Crippen molar-refractivity contribution in [3.63, 3.8) is 0 Å². The van der Waals surface area contributed by atoms with Crippen LogP contribution in [0.3, 0.4) is 0 Å². The Balaban J connectivity index is 1.66. The zero-order valence-corrected chi connectivity index (χ0v) is 17.3. The van der Waals surface area contributed by atoms with Crippen molar-refractivity contribution in [2.24, 2.45) is 11.8 Å². The molecule has 2 heterocycles. The number of hydrogen-bond acceptors (Lipinski definition) is 5. The van der Waals surface area contributed by atoms with E-state index in [-0.39, 0.29) is 0 Å². The van der Waals surface area contributed by atoms with E-state index in [9.17, 15) is 0 Å². The van der Waals surface area contributed by atoms with Crippen LogP contribution >= 0.6 is 11.3 Å². The minimum absolute atomic E-state index is 0.302. The highest BCUT2D eigenvalue weighted by molar-refractivity contribution is 7.13. The van der Waals surface area contributed by atoms with Gasteiger partial charge in [0.15, 0.2) is 10.8 Å². The molecule has 4 nitrogen and oxygen atoms in total. The fourth-order valence-corrected chi connectivity index (χ4v) is 3.95. The highest BCUT2D eigenvalue weighted by Gasteiger charge is 2.16. The Morgan fingerprint density at radius 2 is 1.70 bits per heavy atom. The first-order valence-corrected chi connectivity index (χ1v) is 10.4. The molecule has 0 fully saturated rings. The van der Waals surface area contributed by atoms with Gasteiger partial charge in [0.05, 0.1) is 5.69 Å². The van der Waals surface area contributed by atoms with Gasteiger partial charge in [0.25, 0.3) is 0 Å². The van der Waals surface area contributed by atoms with Gasteiger partial charge in [-0.25, -0.2) is 15.0 Å². The molecule has 1 unspecified atom stereocenters. The van der Waals surface area contributed by atoms with Crippen molar-refractivity contribution in [1.29, 1.82) is 0 Å². The summed E-state index contributed by atoms with van der Waals surface area (Å²) in [5.74, 6) is 1.87. The minimum atomic E-state index is 0.302. The average molecular weight is 381 g/mol. The molecule has 2 aromatic heterocycles. The number of rotatable bonds is 8. The molecule has 0 aliphatic rings. The number of aromatic nitrogens is 3. The molecule has 0 aliphatic heterocycles. The van der Waals surface area contributed by atoms with Gasteiger partial charge in [0.1, 0.15) is 0 Å². The number of thiazole rings is 1. The molecule has 0 radical (unpaired) electrons. The molecule has 142 valence electrons. The molecule has 0 saturated heterocycles. The second kappa shape index (κ2) is 9.20. The van der Waals surface area contributed by atoms with E-state index < -0.39 is 0 Å². The normalized spacial score (nSPS) is 12.7. The summed E-state index contributed by atoms with van der Waals surface area (Å²) in [7, 11) is 0. The van der Waals surface area contributed by atoms with Crippen LogP contribution in [0.25, 0.3) is 10.8 Å². The Labute approximate surface area is 166 Å². The molecule has 0 saturated carbocycles. The van der Waals surface area contributed by atoms with E-state index in [0.29, 0.717) is 23.7 Å².